The highest BCUT2D eigenvalue weighted by molar-refractivity contribution is 6.32. The standard InChI is InChI=1S/C15H15ClO4/c1-4-20-14(19)11-12(17)9-6-5-8(16)7-10(9)15(2,3)13(11)18/h5-7,11H,4H2,1-3H3. The zero-order chi connectivity index (χ0) is 15.1. The maximum absolute atomic E-state index is 12.5. The van der Waals surface area contributed by atoms with E-state index in [1.165, 1.54) is 0 Å². The highest BCUT2D eigenvalue weighted by atomic mass is 35.5. The number of esters is 1. The molecule has 0 saturated heterocycles. The molecule has 1 aliphatic carbocycles. The smallest absolute Gasteiger partial charge is 0.324 e. The van der Waals surface area contributed by atoms with Gasteiger partial charge < -0.3 is 4.74 Å². The zero-order valence-electron chi connectivity index (χ0n) is 11.5. The Morgan fingerprint density at radius 1 is 1.35 bits per heavy atom. The molecule has 1 atom stereocenters. The van der Waals surface area contributed by atoms with E-state index < -0.39 is 28.9 Å². The Morgan fingerprint density at radius 2 is 2.00 bits per heavy atom. The van der Waals surface area contributed by atoms with Gasteiger partial charge in [-0.05, 0) is 44.5 Å². The summed E-state index contributed by atoms with van der Waals surface area (Å²) in [5.41, 5.74) is -0.0384. The lowest BCUT2D eigenvalue weighted by Crippen LogP contribution is -2.48. The van der Waals surface area contributed by atoms with Gasteiger partial charge in [0.15, 0.2) is 17.5 Å². The summed E-state index contributed by atoms with van der Waals surface area (Å²) in [5.74, 6) is -3.12. The number of rotatable bonds is 2. The van der Waals surface area contributed by atoms with Crippen molar-refractivity contribution in [2.45, 2.75) is 26.2 Å². The lowest BCUT2D eigenvalue weighted by Gasteiger charge is -2.34. The van der Waals surface area contributed by atoms with Gasteiger partial charge in [0, 0.05) is 10.6 Å². The summed E-state index contributed by atoms with van der Waals surface area (Å²) in [6.45, 7) is 5.13. The van der Waals surface area contributed by atoms with E-state index in [1.807, 2.05) is 0 Å². The van der Waals surface area contributed by atoms with E-state index in [4.69, 9.17) is 16.3 Å². The number of fused-ring (bicyclic) bond motifs is 1. The summed E-state index contributed by atoms with van der Waals surface area (Å²) in [6.07, 6.45) is 0. The molecule has 0 radical (unpaired) electrons. The van der Waals surface area contributed by atoms with Crippen LogP contribution >= 0.6 is 11.6 Å². The summed E-state index contributed by atoms with van der Waals surface area (Å²) in [4.78, 5) is 36.8. The normalized spacial score (nSPS) is 20.5. The van der Waals surface area contributed by atoms with E-state index in [2.05, 4.69) is 0 Å². The predicted octanol–water partition coefficient (Wildman–Crippen LogP) is 2.56. The van der Waals surface area contributed by atoms with Crippen molar-refractivity contribution < 1.29 is 19.1 Å². The van der Waals surface area contributed by atoms with Crippen molar-refractivity contribution in [1.29, 1.82) is 0 Å². The van der Waals surface area contributed by atoms with Crippen LogP contribution in [0.1, 0.15) is 36.7 Å². The summed E-state index contributed by atoms with van der Waals surface area (Å²) < 4.78 is 4.85. The molecule has 1 aromatic carbocycles. The van der Waals surface area contributed by atoms with E-state index in [-0.39, 0.29) is 6.61 Å². The highest BCUT2D eigenvalue weighted by Crippen LogP contribution is 2.38. The first kappa shape index (κ1) is 14.7. The van der Waals surface area contributed by atoms with Gasteiger partial charge in [-0.1, -0.05) is 11.6 Å². The van der Waals surface area contributed by atoms with Crippen LogP contribution in [0.4, 0.5) is 0 Å². The minimum Gasteiger partial charge on any atom is -0.465 e. The van der Waals surface area contributed by atoms with Crippen LogP contribution in [0.25, 0.3) is 0 Å². The third-order valence-corrected chi connectivity index (χ3v) is 3.82. The minimum atomic E-state index is -1.38. The van der Waals surface area contributed by atoms with Gasteiger partial charge in [0.05, 0.1) is 12.0 Å². The van der Waals surface area contributed by atoms with Crippen molar-refractivity contribution >= 4 is 29.1 Å². The molecule has 2 rings (SSSR count). The van der Waals surface area contributed by atoms with Crippen LogP contribution < -0.4 is 0 Å². The first-order chi connectivity index (χ1) is 9.30. The number of hydrogen-bond acceptors (Lipinski definition) is 4. The first-order valence-electron chi connectivity index (χ1n) is 6.36. The molecule has 0 fully saturated rings. The molecule has 0 amide bonds. The second-order valence-corrected chi connectivity index (χ2v) is 5.66. The Balaban J connectivity index is 2.59. The summed E-state index contributed by atoms with van der Waals surface area (Å²) >= 11 is 5.93. The van der Waals surface area contributed by atoms with Crippen LogP contribution in [0.3, 0.4) is 0 Å². The average molecular weight is 295 g/mol. The molecule has 106 valence electrons. The second kappa shape index (κ2) is 5.02. The van der Waals surface area contributed by atoms with Gasteiger partial charge in [-0.3, -0.25) is 14.4 Å². The van der Waals surface area contributed by atoms with E-state index in [0.29, 0.717) is 16.1 Å². The largest absolute Gasteiger partial charge is 0.465 e. The zero-order valence-corrected chi connectivity index (χ0v) is 12.3. The number of benzene rings is 1. The van der Waals surface area contributed by atoms with Crippen molar-refractivity contribution in [3.05, 3.63) is 34.3 Å². The molecule has 0 heterocycles. The number of carbonyl (C=O) groups is 3. The third kappa shape index (κ3) is 2.14. The van der Waals surface area contributed by atoms with E-state index >= 15 is 0 Å². The lowest BCUT2D eigenvalue weighted by atomic mass is 9.67. The number of halogens is 1. The lowest BCUT2D eigenvalue weighted by molar-refractivity contribution is -0.150. The molecule has 1 aliphatic rings. The van der Waals surface area contributed by atoms with Crippen LogP contribution in [0.15, 0.2) is 18.2 Å². The first-order valence-corrected chi connectivity index (χ1v) is 6.73. The van der Waals surface area contributed by atoms with Gasteiger partial charge >= 0.3 is 5.97 Å². The highest BCUT2D eigenvalue weighted by Gasteiger charge is 2.50. The van der Waals surface area contributed by atoms with E-state index in [0.717, 1.165) is 0 Å². The Hall–Kier alpha value is -1.68. The van der Waals surface area contributed by atoms with Crippen molar-refractivity contribution in [3.8, 4) is 0 Å². The number of ether oxygens (including phenoxy) is 1. The fourth-order valence-corrected chi connectivity index (χ4v) is 2.63. The number of carbonyl (C=O) groups excluding carboxylic acids is 3. The molecule has 0 aromatic heterocycles. The number of ketones is 2. The van der Waals surface area contributed by atoms with Crippen LogP contribution in [-0.2, 0) is 19.7 Å². The second-order valence-electron chi connectivity index (χ2n) is 5.23. The molecule has 1 unspecified atom stereocenters. The quantitative estimate of drug-likeness (QED) is 0.621. The van der Waals surface area contributed by atoms with Crippen molar-refractivity contribution in [2.24, 2.45) is 5.92 Å². The molecule has 0 bridgehead atoms. The van der Waals surface area contributed by atoms with E-state index in [1.54, 1.807) is 39.0 Å². The molecule has 0 N–H and O–H groups in total. The number of Topliss-reactive ketones (excluding diaryl/α,β-unsaturated/α-hetero) is 2. The Labute approximate surface area is 122 Å². The molecular weight excluding hydrogens is 280 g/mol. The summed E-state index contributed by atoms with van der Waals surface area (Å²) in [5, 5.41) is 0.451. The fraction of sp³-hybridized carbons (Fsp3) is 0.400. The SMILES string of the molecule is CCOC(=O)C1C(=O)c2ccc(Cl)cc2C(C)(C)C1=O. The monoisotopic (exact) mass is 294 g/mol. The van der Waals surface area contributed by atoms with Crippen LogP contribution in [0.5, 0.6) is 0 Å². The molecule has 4 nitrogen and oxygen atoms in total. The van der Waals surface area contributed by atoms with Gasteiger partial charge in [0.25, 0.3) is 0 Å². The van der Waals surface area contributed by atoms with Crippen molar-refractivity contribution in [1.82, 2.24) is 0 Å². The average Bonchev–Trinajstić information content (AvgIpc) is 2.37. The minimum absolute atomic E-state index is 0.129. The van der Waals surface area contributed by atoms with Crippen LogP contribution in [-0.4, -0.2) is 24.1 Å². The maximum Gasteiger partial charge on any atom is 0.324 e. The molecule has 0 saturated carbocycles. The number of hydrogen-bond donors (Lipinski definition) is 0. The molecule has 5 heteroatoms. The van der Waals surface area contributed by atoms with Gasteiger partial charge in [-0.15, -0.1) is 0 Å². The Kier molecular flexibility index (Phi) is 3.69. The van der Waals surface area contributed by atoms with Gasteiger partial charge in [0.1, 0.15) is 0 Å². The Morgan fingerprint density at radius 3 is 2.60 bits per heavy atom. The molecular formula is C15H15ClO4. The molecule has 20 heavy (non-hydrogen) atoms. The van der Waals surface area contributed by atoms with Gasteiger partial charge in [-0.2, -0.15) is 0 Å². The third-order valence-electron chi connectivity index (χ3n) is 3.58. The van der Waals surface area contributed by atoms with Crippen LogP contribution in [0.2, 0.25) is 5.02 Å². The van der Waals surface area contributed by atoms with E-state index in [9.17, 15) is 14.4 Å². The Bertz CT molecular complexity index is 604. The topological polar surface area (TPSA) is 60.4 Å². The molecule has 0 aliphatic heterocycles. The van der Waals surface area contributed by atoms with Crippen LogP contribution in [0, 0.1) is 5.92 Å². The maximum atomic E-state index is 12.5. The summed E-state index contributed by atoms with van der Waals surface area (Å²) in [6, 6.07) is 4.74. The predicted molar refractivity (Wildman–Crippen MR) is 73.9 cm³/mol. The van der Waals surface area contributed by atoms with Crippen molar-refractivity contribution in [2.75, 3.05) is 6.61 Å². The summed E-state index contributed by atoms with van der Waals surface area (Å²) in [7, 11) is 0. The van der Waals surface area contributed by atoms with Gasteiger partial charge in [0.2, 0.25) is 0 Å². The fourth-order valence-electron chi connectivity index (χ4n) is 2.46. The van der Waals surface area contributed by atoms with Crippen molar-refractivity contribution in [3.63, 3.8) is 0 Å². The van der Waals surface area contributed by atoms with Gasteiger partial charge in [-0.25, -0.2) is 0 Å². The molecule has 1 aromatic rings. The molecule has 0 spiro atoms.